The number of hydrogen-bond donors (Lipinski definition) is 1. The first kappa shape index (κ1) is 18.7. The van der Waals surface area contributed by atoms with E-state index in [-0.39, 0.29) is 10.7 Å². The molecule has 0 aliphatic carbocycles. The fourth-order valence-electron chi connectivity index (χ4n) is 2.04. The van der Waals surface area contributed by atoms with E-state index < -0.39 is 16.0 Å². The summed E-state index contributed by atoms with van der Waals surface area (Å²) in [5, 5.41) is 0. The third-order valence-electron chi connectivity index (χ3n) is 3.38. The standard InChI is InChI=1S/C18H19NO5S/c1-3-12-24-18(21)15-4-8-16(9-5-15)19-25(22,23)17-10-6-14(7-11-17)13(2)20/h4-11,19H,3,12H2,1-2H3. The fraction of sp³-hybridized carbons (Fsp3) is 0.222. The maximum absolute atomic E-state index is 12.4. The molecule has 0 spiro atoms. The van der Waals surface area contributed by atoms with Crippen LogP contribution in [0.25, 0.3) is 0 Å². The van der Waals surface area contributed by atoms with E-state index in [1.165, 1.54) is 55.5 Å². The average Bonchev–Trinajstić information content (AvgIpc) is 2.60. The van der Waals surface area contributed by atoms with Gasteiger partial charge in [0.2, 0.25) is 0 Å². The van der Waals surface area contributed by atoms with E-state index >= 15 is 0 Å². The maximum Gasteiger partial charge on any atom is 0.338 e. The molecule has 2 aromatic carbocycles. The monoisotopic (exact) mass is 361 g/mol. The first-order valence-electron chi connectivity index (χ1n) is 7.74. The van der Waals surface area contributed by atoms with Crippen LogP contribution in [0.2, 0.25) is 0 Å². The highest BCUT2D eigenvalue weighted by Crippen LogP contribution is 2.18. The van der Waals surface area contributed by atoms with Crippen molar-refractivity contribution in [3.63, 3.8) is 0 Å². The minimum absolute atomic E-state index is 0.0453. The Morgan fingerprint density at radius 1 is 0.960 bits per heavy atom. The Morgan fingerprint density at radius 2 is 1.52 bits per heavy atom. The van der Waals surface area contributed by atoms with Crippen LogP contribution >= 0.6 is 0 Å². The first-order chi connectivity index (χ1) is 11.8. The summed E-state index contributed by atoms with van der Waals surface area (Å²) in [6.07, 6.45) is 0.728. The van der Waals surface area contributed by atoms with Crippen molar-refractivity contribution in [3.8, 4) is 0 Å². The minimum atomic E-state index is -3.78. The van der Waals surface area contributed by atoms with Crippen molar-refractivity contribution in [3.05, 3.63) is 59.7 Å². The average molecular weight is 361 g/mol. The van der Waals surface area contributed by atoms with E-state index in [4.69, 9.17) is 4.74 Å². The van der Waals surface area contributed by atoms with Gasteiger partial charge in [0, 0.05) is 11.3 Å². The molecule has 0 heterocycles. The normalized spacial score (nSPS) is 11.0. The zero-order valence-corrected chi connectivity index (χ0v) is 14.8. The van der Waals surface area contributed by atoms with Crippen LogP contribution in [-0.2, 0) is 14.8 Å². The third-order valence-corrected chi connectivity index (χ3v) is 4.78. The third kappa shape index (κ3) is 4.90. The molecule has 0 aliphatic heterocycles. The van der Waals surface area contributed by atoms with E-state index in [9.17, 15) is 18.0 Å². The Bertz CT molecular complexity index is 855. The SMILES string of the molecule is CCCOC(=O)c1ccc(NS(=O)(=O)c2ccc(C(C)=O)cc2)cc1. The second-order valence-corrected chi connectivity index (χ2v) is 7.08. The molecule has 0 fully saturated rings. The Labute approximate surface area is 146 Å². The van der Waals surface area contributed by atoms with Crippen LogP contribution < -0.4 is 4.72 Å². The largest absolute Gasteiger partial charge is 0.462 e. The van der Waals surface area contributed by atoms with Crippen LogP contribution in [0.15, 0.2) is 53.4 Å². The van der Waals surface area contributed by atoms with E-state index in [1.54, 1.807) is 0 Å². The summed E-state index contributed by atoms with van der Waals surface area (Å²) in [4.78, 5) is 23.0. The van der Waals surface area contributed by atoms with Crippen molar-refractivity contribution in [1.29, 1.82) is 0 Å². The Kier molecular flexibility index (Phi) is 5.93. The molecule has 0 aromatic heterocycles. The molecule has 2 aromatic rings. The number of carbonyl (C=O) groups excluding carboxylic acids is 2. The van der Waals surface area contributed by atoms with E-state index in [2.05, 4.69) is 4.72 Å². The van der Waals surface area contributed by atoms with Gasteiger partial charge in [0.15, 0.2) is 5.78 Å². The number of ketones is 1. The van der Waals surface area contributed by atoms with Gasteiger partial charge in [0.1, 0.15) is 0 Å². The smallest absolute Gasteiger partial charge is 0.338 e. The van der Waals surface area contributed by atoms with Gasteiger partial charge in [-0.1, -0.05) is 19.1 Å². The molecule has 7 heteroatoms. The topological polar surface area (TPSA) is 89.5 Å². The quantitative estimate of drug-likeness (QED) is 0.604. The number of anilines is 1. The van der Waals surface area contributed by atoms with Crippen LogP contribution in [0.5, 0.6) is 0 Å². The number of Topliss-reactive ketones (excluding diaryl/α,β-unsaturated/α-hetero) is 1. The van der Waals surface area contributed by atoms with Crippen molar-refractivity contribution in [2.75, 3.05) is 11.3 Å². The Balaban J connectivity index is 2.12. The summed E-state index contributed by atoms with van der Waals surface area (Å²) >= 11 is 0. The summed E-state index contributed by atoms with van der Waals surface area (Å²) in [6.45, 7) is 3.65. The number of ether oxygens (including phenoxy) is 1. The van der Waals surface area contributed by atoms with Gasteiger partial charge in [-0.05, 0) is 49.7 Å². The lowest BCUT2D eigenvalue weighted by Crippen LogP contribution is -2.13. The molecule has 0 radical (unpaired) electrons. The molecule has 0 bridgehead atoms. The number of carbonyl (C=O) groups is 2. The molecular weight excluding hydrogens is 342 g/mol. The fourth-order valence-corrected chi connectivity index (χ4v) is 3.09. The molecule has 1 N–H and O–H groups in total. The lowest BCUT2D eigenvalue weighted by Gasteiger charge is -2.09. The molecule has 0 atom stereocenters. The molecule has 2 rings (SSSR count). The van der Waals surface area contributed by atoms with Crippen LogP contribution in [-0.4, -0.2) is 26.8 Å². The number of esters is 1. The summed E-state index contributed by atoms with van der Waals surface area (Å²) in [5.41, 5.74) is 1.11. The van der Waals surface area contributed by atoms with Crippen LogP contribution in [0.3, 0.4) is 0 Å². The molecular formula is C18H19NO5S. The summed E-state index contributed by atoms with van der Waals surface area (Å²) in [6, 6.07) is 11.6. The number of hydrogen-bond acceptors (Lipinski definition) is 5. The molecule has 25 heavy (non-hydrogen) atoms. The predicted octanol–water partition coefficient (Wildman–Crippen LogP) is 3.26. The second kappa shape index (κ2) is 7.94. The van der Waals surface area contributed by atoms with Gasteiger partial charge in [-0.15, -0.1) is 0 Å². The van der Waals surface area contributed by atoms with Crippen molar-refractivity contribution in [1.82, 2.24) is 0 Å². The van der Waals surface area contributed by atoms with Crippen molar-refractivity contribution < 1.29 is 22.7 Å². The Morgan fingerprint density at radius 3 is 2.04 bits per heavy atom. The zero-order chi connectivity index (χ0) is 18.4. The van der Waals surface area contributed by atoms with Gasteiger partial charge in [0.25, 0.3) is 10.0 Å². The summed E-state index contributed by atoms with van der Waals surface area (Å²) in [7, 11) is -3.78. The van der Waals surface area contributed by atoms with Gasteiger partial charge in [-0.25, -0.2) is 13.2 Å². The number of benzene rings is 2. The maximum atomic E-state index is 12.4. The zero-order valence-electron chi connectivity index (χ0n) is 14.0. The molecule has 0 amide bonds. The number of rotatable bonds is 7. The molecule has 132 valence electrons. The Hall–Kier alpha value is -2.67. The molecule has 0 unspecified atom stereocenters. The highest BCUT2D eigenvalue weighted by atomic mass is 32.2. The van der Waals surface area contributed by atoms with E-state index in [0.717, 1.165) is 6.42 Å². The van der Waals surface area contributed by atoms with Gasteiger partial charge < -0.3 is 4.74 Å². The van der Waals surface area contributed by atoms with Gasteiger partial charge in [-0.3, -0.25) is 9.52 Å². The summed E-state index contributed by atoms with van der Waals surface area (Å²) in [5.74, 6) is -0.585. The van der Waals surface area contributed by atoms with Gasteiger partial charge >= 0.3 is 5.97 Å². The van der Waals surface area contributed by atoms with Crippen LogP contribution in [0.4, 0.5) is 5.69 Å². The molecule has 0 aliphatic rings. The van der Waals surface area contributed by atoms with E-state index in [1.807, 2.05) is 6.92 Å². The van der Waals surface area contributed by atoms with Crippen LogP contribution in [0.1, 0.15) is 41.0 Å². The van der Waals surface area contributed by atoms with Crippen molar-refractivity contribution >= 4 is 27.5 Å². The highest BCUT2D eigenvalue weighted by molar-refractivity contribution is 7.92. The van der Waals surface area contributed by atoms with Crippen LogP contribution in [0, 0.1) is 0 Å². The number of sulfonamides is 1. The lowest BCUT2D eigenvalue weighted by atomic mass is 10.2. The first-order valence-corrected chi connectivity index (χ1v) is 9.23. The van der Waals surface area contributed by atoms with Crippen molar-refractivity contribution in [2.45, 2.75) is 25.2 Å². The van der Waals surface area contributed by atoms with Gasteiger partial charge in [0.05, 0.1) is 17.1 Å². The molecule has 6 nitrogen and oxygen atoms in total. The number of nitrogens with one attached hydrogen (secondary N) is 1. The highest BCUT2D eigenvalue weighted by Gasteiger charge is 2.15. The predicted molar refractivity (Wildman–Crippen MR) is 94.3 cm³/mol. The summed E-state index contributed by atoms with van der Waals surface area (Å²) < 4.78 is 32.2. The minimum Gasteiger partial charge on any atom is -0.462 e. The second-order valence-electron chi connectivity index (χ2n) is 5.40. The molecule has 0 saturated heterocycles. The van der Waals surface area contributed by atoms with Crippen molar-refractivity contribution in [2.24, 2.45) is 0 Å². The lowest BCUT2D eigenvalue weighted by molar-refractivity contribution is 0.0505. The van der Waals surface area contributed by atoms with Gasteiger partial charge in [-0.2, -0.15) is 0 Å². The molecule has 0 saturated carbocycles. The van der Waals surface area contributed by atoms with E-state index in [0.29, 0.717) is 23.4 Å².